The molecule has 2 saturated heterocycles. The number of nitrogens with zero attached hydrogens (tertiary/aromatic N) is 1. The number of benzene rings is 1. The van der Waals surface area contributed by atoms with Gasteiger partial charge in [-0.3, -0.25) is 9.69 Å². The smallest absolute Gasteiger partial charge is 0.325 e. The van der Waals surface area contributed by atoms with Crippen molar-refractivity contribution in [3.05, 3.63) is 36.0 Å². The van der Waals surface area contributed by atoms with Crippen molar-refractivity contribution in [1.82, 2.24) is 15.2 Å². The Balaban J connectivity index is 1.55. The van der Waals surface area contributed by atoms with Crippen molar-refractivity contribution in [2.75, 3.05) is 11.5 Å². The number of hydrogen-bond acceptors (Lipinski definition) is 4. The molecule has 7 nitrogen and oxygen atoms in total. The second-order valence-electron chi connectivity index (χ2n) is 6.33. The van der Waals surface area contributed by atoms with E-state index in [0.29, 0.717) is 12.8 Å². The molecule has 2 aliphatic heterocycles. The van der Waals surface area contributed by atoms with Crippen LogP contribution in [0.25, 0.3) is 10.9 Å². The maximum Gasteiger partial charge on any atom is 0.325 e. The molecule has 8 heteroatoms. The molecule has 2 aromatic rings. The quantitative estimate of drug-likeness (QED) is 0.803. The predicted octanol–water partition coefficient (Wildman–Crippen LogP) is 0.818. The second kappa shape index (κ2) is 5.34. The van der Waals surface area contributed by atoms with Gasteiger partial charge in [-0.2, -0.15) is 0 Å². The van der Waals surface area contributed by atoms with Gasteiger partial charge in [0.15, 0.2) is 9.84 Å². The van der Waals surface area contributed by atoms with Crippen LogP contribution in [-0.2, 0) is 21.1 Å². The zero-order valence-electron chi connectivity index (χ0n) is 12.9. The van der Waals surface area contributed by atoms with Crippen molar-refractivity contribution in [3.63, 3.8) is 0 Å². The number of hydrogen-bond donors (Lipinski definition) is 2. The van der Waals surface area contributed by atoms with E-state index in [1.165, 1.54) is 0 Å². The highest BCUT2D eigenvalue weighted by Gasteiger charge is 2.45. The molecular weight excluding hydrogens is 330 g/mol. The van der Waals surface area contributed by atoms with E-state index in [9.17, 15) is 18.0 Å². The number of H-pyrrole nitrogens is 1. The number of fused-ring (bicyclic) bond motifs is 1. The molecule has 2 N–H and O–H groups in total. The van der Waals surface area contributed by atoms with Crippen LogP contribution in [0.15, 0.2) is 30.5 Å². The Labute approximate surface area is 138 Å². The molecule has 0 saturated carbocycles. The van der Waals surface area contributed by atoms with Crippen molar-refractivity contribution in [3.8, 4) is 0 Å². The molecular formula is C16H17N3O4S. The predicted molar refractivity (Wildman–Crippen MR) is 88.2 cm³/mol. The maximum absolute atomic E-state index is 12.6. The van der Waals surface area contributed by atoms with Crippen LogP contribution in [0.1, 0.15) is 12.0 Å². The van der Waals surface area contributed by atoms with Gasteiger partial charge in [-0.05, 0) is 18.1 Å². The molecule has 4 rings (SSSR count). The summed E-state index contributed by atoms with van der Waals surface area (Å²) < 4.78 is 23.2. The van der Waals surface area contributed by atoms with Crippen LogP contribution in [0.3, 0.4) is 0 Å². The average molecular weight is 347 g/mol. The van der Waals surface area contributed by atoms with Crippen LogP contribution in [0, 0.1) is 0 Å². The van der Waals surface area contributed by atoms with Gasteiger partial charge in [-0.1, -0.05) is 18.2 Å². The first-order valence-electron chi connectivity index (χ1n) is 7.83. The molecule has 2 fully saturated rings. The molecule has 0 unspecified atom stereocenters. The Morgan fingerprint density at radius 3 is 2.75 bits per heavy atom. The van der Waals surface area contributed by atoms with Crippen LogP contribution >= 0.6 is 0 Å². The summed E-state index contributed by atoms with van der Waals surface area (Å²) in [6.45, 7) is 0. The number of imide groups is 1. The third kappa shape index (κ3) is 2.47. The summed E-state index contributed by atoms with van der Waals surface area (Å²) in [5, 5.41) is 3.70. The minimum absolute atomic E-state index is 0.0296. The van der Waals surface area contributed by atoms with E-state index in [0.717, 1.165) is 21.4 Å². The lowest BCUT2D eigenvalue weighted by Gasteiger charge is -2.19. The minimum atomic E-state index is -3.15. The van der Waals surface area contributed by atoms with E-state index in [1.54, 1.807) is 0 Å². The molecule has 24 heavy (non-hydrogen) atoms. The fourth-order valence-corrected chi connectivity index (χ4v) is 5.23. The van der Waals surface area contributed by atoms with Crippen LogP contribution in [0.2, 0.25) is 0 Å². The fourth-order valence-electron chi connectivity index (χ4n) is 3.53. The molecule has 0 spiro atoms. The van der Waals surface area contributed by atoms with Gasteiger partial charge in [0.25, 0.3) is 5.91 Å². The van der Waals surface area contributed by atoms with E-state index < -0.39 is 28.0 Å². The second-order valence-corrected chi connectivity index (χ2v) is 8.56. The zero-order valence-corrected chi connectivity index (χ0v) is 13.7. The van der Waals surface area contributed by atoms with E-state index in [4.69, 9.17) is 0 Å². The summed E-state index contributed by atoms with van der Waals surface area (Å²) in [6, 6.07) is 6.06. The van der Waals surface area contributed by atoms with E-state index >= 15 is 0 Å². The SMILES string of the molecule is O=C1N[C@H](Cc2c[nH]c3ccccc23)C(=O)N1[C@@H]1CCS(=O)(=O)C1. The molecule has 1 aromatic heterocycles. The summed E-state index contributed by atoms with van der Waals surface area (Å²) in [4.78, 5) is 29.0. The summed E-state index contributed by atoms with van der Waals surface area (Å²) in [5.41, 5.74) is 1.92. The van der Waals surface area contributed by atoms with E-state index in [1.807, 2.05) is 30.5 Å². The van der Waals surface area contributed by atoms with Gasteiger partial charge in [0, 0.05) is 23.5 Å². The zero-order chi connectivity index (χ0) is 16.9. The standard InChI is InChI=1S/C16H17N3O4S/c20-15-14(7-10-8-17-13-4-2-1-3-12(10)13)18-16(21)19(15)11-5-6-24(22,23)9-11/h1-4,8,11,14,17H,5-7,9H2,(H,18,21)/t11-,14-/m1/s1. The maximum atomic E-state index is 12.6. The number of carbonyl (C=O) groups is 2. The monoisotopic (exact) mass is 347 g/mol. The summed E-state index contributed by atoms with van der Waals surface area (Å²) in [7, 11) is -3.15. The number of carbonyl (C=O) groups excluding carboxylic acids is 2. The number of urea groups is 1. The third-order valence-electron chi connectivity index (χ3n) is 4.72. The Hall–Kier alpha value is -2.35. The highest BCUT2D eigenvalue weighted by atomic mass is 32.2. The number of sulfone groups is 1. The highest BCUT2D eigenvalue weighted by Crippen LogP contribution is 2.25. The summed E-state index contributed by atoms with van der Waals surface area (Å²) >= 11 is 0. The van der Waals surface area contributed by atoms with E-state index in [2.05, 4.69) is 10.3 Å². The average Bonchev–Trinajstić information content (AvgIpc) is 3.18. The Morgan fingerprint density at radius 2 is 2.00 bits per heavy atom. The lowest BCUT2D eigenvalue weighted by Crippen LogP contribution is -2.41. The molecule has 1 aromatic carbocycles. The molecule has 3 heterocycles. The van der Waals surface area contributed by atoms with Crippen LogP contribution < -0.4 is 5.32 Å². The lowest BCUT2D eigenvalue weighted by atomic mass is 10.0. The molecule has 2 atom stereocenters. The number of amides is 3. The van der Waals surface area contributed by atoms with Gasteiger partial charge in [0.2, 0.25) is 0 Å². The molecule has 0 radical (unpaired) electrons. The number of aromatic amines is 1. The number of para-hydroxylation sites is 1. The summed E-state index contributed by atoms with van der Waals surface area (Å²) in [6.07, 6.45) is 2.54. The van der Waals surface area contributed by atoms with Gasteiger partial charge in [0.05, 0.1) is 17.5 Å². The van der Waals surface area contributed by atoms with Crippen molar-refractivity contribution in [2.24, 2.45) is 0 Å². The molecule has 126 valence electrons. The normalized spacial score (nSPS) is 26.2. The minimum Gasteiger partial charge on any atom is -0.361 e. The van der Waals surface area contributed by atoms with Crippen molar-refractivity contribution >= 4 is 32.7 Å². The first kappa shape index (κ1) is 15.2. The summed E-state index contributed by atoms with van der Waals surface area (Å²) in [5.74, 6) is -0.444. The first-order valence-corrected chi connectivity index (χ1v) is 9.66. The molecule has 0 aliphatic carbocycles. The fraction of sp³-hybridized carbons (Fsp3) is 0.375. The van der Waals surface area contributed by atoms with Crippen LogP contribution in [-0.4, -0.2) is 53.8 Å². The van der Waals surface area contributed by atoms with Gasteiger partial charge in [-0.15, -0.1) is 0 Å². The molecule has 3 amide bonds. The Morgan fingerprint density at radius 1 is 1.21 bits per heavy atom. The van der Waals surface area contributed by atoms with E-state index in [-0.39, 0.29) is 17.4 Å². The molecule has 0 bridgehead atoms. The van der Waals surface area contributed by atoms with Gasteiger partial charge in [-0.25, -0.2) is 13.2 Å². The Kier molecular flexibility index (Phi) is 3.38. The van der Waals surface area contributed by atoms with Gasteiger partial charge < -0.3 is 10.3 Å². The highest BCUT2D eigenvalue weighted by molar-refractivity contribution is 7.91. The van der Waals surface area contributed by atoms with Crippen molar-refractivity contribution < 1.29 is 18.0 Å². The van der Waals surface area contributed by atoms with Crippen LogP contribution in [0.4, 0.5) is 4.79 Å². The van der Waals surface area contributed by atoms with Crippen molar-refractivity contribution in [2.45, 2.75) is 24.9 Å². The topological polar surface area (TPSA) is 99.3 Å². The van der Waals surface area contributed by atoms with Gasteiger partial charge in [0.1, 0.15) is 6.04 Å². The lowest BCUT2D eigenvalue weighted by molar-refractivity contribution is -0.128. The number of nitrogens with one attached hydrogen (secondary N) is 2. The largest absolute Gasteiger partial charge is 0.361 e. The van der Waals surface area contributed by atoms with Crippen LogP contribution in [0.5, 0.6) is 0 Å². The third-order valence-corrected chi connectivity index (χ3v) is 6.47. The Bertz CT molecular complexity index is 934. The van der Waals surface area contributed by atoms with Crippen molar-refractivity contribution in [1.29, 1.82) is 0 Å². The first-order chi connectivity index (χ1) is 11.4. The molecule has 2 aliphatic rings. The number of rotatable bonds is 3. The van der Waals surface area contributed by atoms with Gasteiger partial charge >= 0.3 is 6.03 Å². The number of aromatic nitrogens is 1.